The van der Waals surface area contributed by atoms with Gasteiger partial charge >= 0.3 is 6.09 Å². The molecule has 1 atom stereocenters. The average Bonchev–Trinajstić information content (AvgIpc) is 2.74. The maximum absolute atomic E-state index is 11.3. The summed E-state index contributed by atoms with van der Waals surface area (Å²) in [7, 11) is 2.14. The first-order chi connectivity index (χ1) is 8.25. The van der Waals surface area contributed by atoms with E-state index < -0.39 is 0 Å². The van der Waals surface area contributed by atoms with Crippen molar-refractivity contribution in [3.63, 3.8) is 0 Å². The molecule has 96 valence electrons. The van der Waals surface area contributed by atoms with Crippen molar-refractivity contribution >= 4 is 6.09 Å². The van der Waals surface area contributed by atoms with Crippen LogP contribution in [0, 0.1) is 5.92 Å². The topological polar surface area (TPSA) is 32.8 Å². The molecule has 4 heteroatoms. The number of carbonyl (C=O) groups is 1. The second-order valence-electron chi connectivity index (χ2n) is 5.01. The molecule has 1 saturated heterocycles. The van der Waals surface area contributed by atoms with Crippen LogP contribution in [0.1, 0.15) is 19.3 Å². The van der Waals surface area contributed by atoms with Gasteiger partial charge in [0, 0.05) is 19.6 Å². The number of nitrogens with zero attached hydrogens (tertiary/aromatic N) is 2. The monoisotopic (exact) mass is 238 g/mol. The smallest absolute Gasteiger partial charge is 0.409 e. The van der Waals surface area contributed by atoms with Crippen molar-refractivity contribution in [3.05, 3.63) is 12.2 Å². The van der Waals surface area contributed by atoms with E-state index in [2.05, 4.69) is 24.1 Å². The van der Waals surface area contributed by atoms with Crippen molar-refractivity contribution in [1.82, 2.24) is 9.80 Å². The Balaban J connectivity index is 1.64. The number of likely N-dealkylation sites (N-methyl/N-ethyl adjacent to an activating group) is 1. The number of carbonyl (C=O) groups excluding carboxylic acids is 1. The van der Waals surface area contributed by atoms with Crippen molar-refractivity contribution in [2.45, 2.75) is 19.3 Å². The van der Waals surface area contributed by atoms with E-state index in [9.17, 15) is 4.79 Å². The van der Waals surface area contributed by atoms with Crippen LogP contribution in [0.4, 0.5) is 4.79 Å². The highest BCUT2D eigenvalue weighted by molar-refractivity contribution is 5.69. The molecule has 4 nitrogen and oxygen atoms in total. The van der Waals surface area contributed by atoms with Crippen LogP contribution in [0.3, 0.4) is 0 Å². The van der Waals surface area contributed by atoms with Gasteiger partial charge < -0.3 is 14.5 Å². The summed E-state index contributed by atoms with van der Waals surface area (Å²) >= 11 is 0. The first kappa shape index (κ1) is 12.4. The van der Waals surface area contributed by atoms with E-state index in [0.717, 1.165) is 32.1 Å². The molecule has 17 heavy (non-hydrogen) atoms. The van der Waals surface area contributed by atoms with Crippen molar-refractivity contribution < 1.29 is 9.53 Å². The molecule has 0 aromatic carbocycles. The summed E-state index contributed by atoms with van der Waals surface area (Å²) < 4.78 is 4.91. The Bertz CT molecular complexity index is 291. The summed E-state index contributed by atoms with van der Waals surface area (Å²) in [5.41, 5.74) is 0. The van der Waals surface area contributed by atoms with Gasteiger partial charge in [-0.2, -0.15) is 0 Å². The fourth-order valence-electron chi connectivity index (χ4n) is 2.47. The first-order valence-electron chi connectivity index (χ1n) is 6.51. The zero-order valence-corrected chi connectivity index (χ0v) is 10.6. The van der Waals surface area contributed by atoms with Crippen molar-refractivity contribution in [2.75, 3.05) is 39.8 Å². The highest BCUT2D eigenvalue weighted by Crippen LogP contribution is 2.18. The number of hydrogen-bond acceptors (Lipinski definition) is 3. The minimum absolute atomic E-state index is 0.154. The van der Waals surface area contributed by atoms with E-state index in [1.54, 1.807) is 4.90 Å². The molecule has 0 spiro atoms. The summed E-state index contributed by atoms with van der Waals surface area (Å²) in [6.45, 7) is 4.16. The molecule has 0 radical (unpaired) electrons. The van der Waals surface area contributed by atoms with Crippen molar-refractivity contribution in [1.29, 1.82) is 0 Å². The minimum Gasteiger partial charge on any atom is -0.448 e. The first-order valence-corrected chi connectivity index (χ1v) is 6.51. The predicted octanol–water partition coefficient (Wildman–Crippen LogP) is 1.73. The molecule has 0 aromatic heterocycles. The number of allylic oxidation sites excluding steroid dienone is 2. The van der Waals surface area contributed by atoms with Crippen LogP contribution < -0.4 is 0 Å². The molecule has 2 aliphatic rings. The summed E-state index contributed by atoms with van der Waals surface area (Å²) in [5, 5.41) is 0. The SMILES string of the molecule is CN(CCN1CCOC1=O)C[C@H]1CC=CCC1. The molecule has 1 fully saturated rings. The van der Waals surface area contributed by atoms with Crippen LogP contribution in [0.5, 0.6) is 0 Å². The normalized spacial score (nSPS) is 24.5. The van der Waals surface area contributed by atoms with E-state index in [4.69, 9.17) is 4.74 Å². The highest BCUT2D eigenvalue weighted by Gasteiger charge is 2.22. The molecule has 1 heterocycles. The Morgan fingerprint density at radius 1 is 1.53 bits per heavy atom. The Kier molecular flexibility index (Phi) is 4.42. The summed E-state index contributed by atoms with van der Waals surface area (Å²) in [6.07, 6.45) is 8.13. The fraction of sp³-hybridized carbons (Fsp3) is 0.769. The van der Waals surface area contributed by atoms with Gasteiger partial charge in [0.25, 0.3) is 0 Å². The van der Waals surface area contributed by atoms with Crippen LogP contribution >= 0.6 is 0 Å². The Hall–Kier alpha value is -1.03. The molecule has 1 amide bonds. The largest absolute Gasteiger partial charge is 0.448 e. The maximum atomic E-state index is 11.3. The lowest BCUT2D eigenvalue weighted by Crippen LogP contribution is -2.36. The third kappa shape index (κ3) is 3.73. The van der Waals surface area contributed by atoms with Crippen molar-refractivity contribution in [2.24, 2.45) is 5.92 Å². The van der Waals surface area contributed by atoms with E-state index in [1.165, 1.54) is 19.3 Å². The average molecular weight is 238 g/mol. The molecule has 0 aromatic rings. The van der Waals surface area contributed by atoms with Crippen molar-refractivity contribution in [3.8, 4) is 0 Å². The highest BCUT2D eigenvalue weighted by atomic mass is 16.6. The molecule has 0 saturated carbocycles. The summed E-state index contributed by atoms with van der Waals surface area (Å²) in [6, 6.07) is 0. The number of ether oxygens (including phenoxy) is 1. The minimum atomic E-state index is -0.154. The molecule has 1 aliphatic carbocycles. The Morgan fingerprint density at radius 2 is 2.41 bits per heavy atom. The van der Waals surface area contributed by atoms with Crippen LogP contribution in [0.15, 0.2) is 12.2 Å². The van der Waals surface area contributed by atoms with Gasteiger partial charge in [0.05, 0.1) is 6.54 Å². The lowest BCUT2D eigenvalue weighted by atomic mass is 9.94. The summed E-state index contributed by atoms with van der Waals surface area (Å²) in [5.74, 6) is 0.788. The Morgan fingerprint density at radius 3 is 3.06 bits per heavy atom. The van der Waals surface area contributed by atoms with Crippen LogP contribution in [0.2, 0.25) is 0 Å². The van der Waals surface area contributed by atoms with Gasteiger partial charge in [-0.15, -0.1) is 0 Å². The second kappa shape index (κ2) is 6.05. The quantitative estimate of drug-likeness (QED) is 0.684. The van der Waals surface area contributed by atoms with Gasteiger partial charge in [-0.1, -0.05) is 12.2 Å². The zero-order chi connectivity index (χ0) is 12.1. The lowest BCUT2D eigenvalue weighted by Gasteiger charge is -2.26. The number of cyclic esters (lactones) is 1. The van der Waals surface area contributed by atoms with Crippen LogP contribution in [0.25, 0.3) is 0 Å². The molecule has 0 unspecified atom stereocenters. The Labute approximate surface area is 103 Å². The number of amides is 1. The molecule has 0 N–H and O–H groups in total. The van der Waals surface area contributed by atoms with E-state index >= 15 is 0 Å². The van der Waals surface area contributed by atoms with Crippen LogP contribution in [-0.4, -0.2) is 55.7 Å². The van der Waals surface area contributed by atoms with E-state index in [0.29, 0.717) is 6.61 Å². The van der Waals surface area contributed by atoms with Gasteiger partial charge in [0.1, 0.15) is 6.61 Å². The molecular formula is C13H22N2O2. The third-order valence-electron chi connectivity index (χ3n) is 3.54. The molecular weight excluding hydrogens is 216 g/mol. The lowest BCUT2D eigenvalue weighted by molar-refractivity contribution is 0.154. The van der Waals surface area contributed by atoms with E-state index in [1.807, 2.05) is 0 Å². The van der Waals surface area contributed by atoms with Gasteiger partial charge in [0.15, 0.2) is 0 Å². The maximum Gasteiger partial charge on any atom is 0.409 e. The zero-order valence-electron chi connectivity index (χ0n) is 10.6. The predicted molar refractivity (Wildman–Crippen MR) is 66.9 cm³/mol. The second-order valence-corrected chi connectivity index (χ2v) is 5.01. The summed E-state index contributed by atoms with van der Waals surface area (Å²) in [4.78, 5) is 15.4. The van der Waals surface area contributed by atoms with E-state index in [-0.39, 0.29) is 6.09 Å². The fourth-order valence-corrected chi connectivity index (χ4v) is 2.47. The van der Waals surface area contributed by atoms with Gasteiger partial charge in [0.2, 0.25) is 0 Å². The number of hydrogen-bond donors (Lipinski definition) is 0. The third-order valence-corrected chi connectivity index (χ3v) is 3.54. The van der Waals surface area contributed by atoms with Gasteiger partial charge in [-0.3, -0.25) is 0 Å². The van der Waals surface area contributed by atoms with Gasteiger partial charge in [-0.05, 0) is 32.2 Å². The standard InChI is InChI=1S/C13H22N2O2/c1-14(11-12-5-3-2-4-6-12)7-8-15-9-10-17-13(15)16/h2-3,12H,4-11H2,1H3/t12-/m0/s1. The molecule has 0 bridgehead atoms. The molecule has 1 aliphatic heterocycles. The van der Waals surface area contributed by atoms with Crippen LogP contribution in [-0.2, 0) is 4.74 Å². The van der Waals surface area contributed by atoms with Gasteiger partial charge in [-0.25, -0.2) is 4.79 Å². The molecule has 2 rings (SSSR count). The number of rotatable bonds is 5.